The molecule has 1 N–H and O–H groups in total. The second-order valence-electron chi connectivity index (χ2n) is 9.16. The summed E-state index contributed by atoms with van der Waals surface area (Å²) < 4.78 is 14.6. The fourth-order valence-electron chi connectivity index (χ4n) is 4.46. The lowest BCUT2D eigenvalue weighted by Gasteiger charge is -2.40. The second kappa shape index (κ2) is 12.0. The van der Waals surface area contributed by atoms with E-state index in [9.17, 15) is 4.79 Å². The number of benzene rings is 1. The zero-order chi connectivity index (χ0) is 24.0. The number of carbonyl (C=O) groups excluding carboxylic acids is 1. The third kappa shape index (κ3) is 7.04. The zero-order valence-corrected chi connectivity index (χ0v) is 21.7. The highest BCUT2D eigenvalue weighted by atomic mass is 35.5. The monoisotopic (exact) mass is 494 g/mol. The fraction of sp³-hybridized carbons (Fsp3) is 0.625. The summed E-state index contributed by atoms with van der Waals surface area (Å²) in [5, 5.41) is 4.32. The summed E-state index contributed by atoms with van der Waals surface area (Å²) in [7, 11) is 3.23. The number of aromatic nitrogens is 2. The van der Waals surface area contributed by atoms with Gasteiger partial charge in [-0.05, 0) is 66.8 Å². The normalized spacial score (nSPS) is 19.4. The van der Waals surface area contributed by atoms with Crippen LogP contribution in [0, 0.1) is 5.92 Å². The SMILES string of the molecule is COC(=O)C[C@@H](C)c1ccc(N(CC(C)C)[C@H]2CC[C@@H](OC)CC2)c(Nc2nc(Cl)ns2)c1. The number of rotatable bonds is 10. The fourth-order valence-corrected chi connectivity index (χ4v) is 5.19. The molecule has 1 fully saturated rings. The van der Waals surface area contributed by atoms with Crippen LogP contribution in [0.25, 0.3) is 0 Å². The van der Waals surface area contributed by atoms with Gasteiger partial charge in [0.25, 0.3) is 0 Å². The van der Waals surface area contributed by atoms with Crippen LogP contribution in [-0.2, 0) is 14.3 Å². The topological polar surface area (TPSA) is 76.6 Å². The van der Waals surface area contributed by atoms with Crippen LogP contribution in [-0.4, -0.2) is 48.2 Å². The van der Waals surface area contributed by atoms with Crippen LogP contribution in [0.2, 0.25) is 5.28 Å². The van der Waals surface area contributed by atoms with Crippen molar-refractivity contribution in [3.8, 4) is 0 Å². The average Bonchev–Trinajstić information content (AvgIpc) is 3.21. The Morgan fingerprint density at radius 1 is 1.24 bits per heavy atom. The quantitative estimate of drug-likeness (QED) is 0.404. The van der Waals surface area contributed by atoms with Crippen molar-refractivity contribution in [2.24, 2.45) is 5.92 Å². The Balaban J connectivity index is 1.96. The van der Waals surface area contributed by atoms with E-state index < -0.39 is 0 Å². The molecule has 1 atom stereocenters. The van der Waals surface area contributed by atoms with Crippen molar-refractivity contribution in [2.45, 2.75) is 70.9 Å². The van der Waals surface area contributed by atoms with Crippen LogP contribution in [0.15, 0.2) is 18.2 Å². The summed E-state index contributed by atoms with van der Waals surface area (Å²) in [6.07, 6.45) is 5.00. The molecular weight excluding hydrogens is 460 g/mol. The number of anilines is 3. The largest absolute Gasteiger partial charge is 0.469 e. The van der Waals surface area contributed by atoms with Gasteiger partial charge in [-0.15, -0.1) is 0 Å². The molecule has 0 saturated heterocycles. The molecule has 0 amide bonds. The maximum absolute atomic E-state index is 11.8. The first kappa shape index (κ1) is 25.7. The van der Waals surface area contributed by atoms with Gasteiger partial charge in [0.1, 0.15) is 0 Å². The Hall–Kier alpha value is -1.90. The molecule has 1 aliphatic rings. The van der Waals surface area contributed by atoms with Gasteiger partial charge in [-0.3, -0.25) is 4.79 Å². The van der Waals surface area contributed by atoms with E-state index in [-0.39, 0.29) is 17.2 Å². The van der Waals surface area contributed by atoms with Crippen molar-refractivity contribution in [2.75, 3.05) is 31.0 Å². The van der Waals surface area contributed by atoms with Crippen molar-refractivity contribution in [3.05, 3.63) is 29.0 Å². The van der Waals surface area contributed by atoms with E-state index in [1.165, 1.54) is 18.6 Å². The highest BCUT2D eigenvalue weighted by molar-refractivity contribution is 7.10. The molecule has 1 aliphatic carbocycles. The van der Waals surface area contributed by atoms with Crippen LogP contribution >= 0.6 is 23.1 Å². The Bertz CT molecular complexity index is 915. The molecule has 1 aromatic heterocycles. The van der Waals surface area contributed by atoms with E-state index in [0.29, 0.717) is 29.6 Å². The number of hydrogen-bond donors (Lipinski definition) is 1. The molecule has 182 valence electrons. The van der Waals surface area contributed by atoms with Crippen LogP contribution in [0.5, 0.6) is 0 Å². The van der Waals surface area contributed by atoms with Crippen LogP contribution in [0.1, 0.15) is 64.4 Å². The maximum Gasteiger partial charge on any atom is 0.306 e. The van der Waals surface area contributed by atoms with Gasteiger partial charge in [-0.1, -0.05) is 26.8 Å². The molecule has 0 radical (unpaired) electrons. The van der Waals surface area contributed by atoms with Crippen molar-refractivity contribution in [1.29, 1.82) is 0 Å². The third-order valence-corrected chi connectivity index (χ3v) is 7.12. The number of hydrogen-bond acceptors (Lipinski definition) is 8. The molecule has 0 unspecified atom stereocenters. The molecule has 9 heteroatoms. The Labute approximate surface area is 206 Å². The number of esters is 1. The third-order valence-electron chi connectivity index (χ3n) is 6.22. The molecule has 7 nitrogen and oxygen atoms in total. The average molecular weight is 495 g/mol. The first-order valence-electron chi connectivity index (χ1n) is 11.6. The molecule has 1 aromatic carbocycles. The lowest BCUT2D eigenvalue weighted by atomic mass is 9.90. The minimum Gasteiger partial charge on any atom is -0.469 e. The Kier molecular flexibility index (Phi) is 9.35. The van der Waals surface area contributed by atoms with E-state index in [0.717, 1.165) is 49.2 Å². The molecule has 0 spiro atoms. The van der Waals surface area contributed by atoms with Gasteiger partial charge in [-0.2, -0.15) is 9.36 Å². The van der Waals surface area contributed by atoms with Crippen molar-refractivity contribution in [1.82, 2.24) is 9.36 Å². The number of ether oxygens (including phenoxy) is 2. The zero-order valence-electron chi connectivity index (χ0n) is 20.1. The molecular formula is C24H35ClN4O3S. The van der Waals surface area contributed by atoms with Crippen LogP contribution in [0.3, 0.4) is 0 Å². The summed E-state index contributed by atoms with van der Waals surface area (Å²) in [6.45, 7) is 7.48. The summed E-state index contributed by atoms with van der Waals surface area (Å²) in [6, 6.07) is 6.84. The highest BCUT2D eigenvalue weighted by Crippen LogP contribution is 2.38. The first-order valence-corrected chi connectivity index (χ1v) is 12.7. The van der Waals surface area contributed by atoms with E-state index >= 15 is 0 Å². The maximum atomic E-state index is 11.8. The van der Waals surface area contributed by atoms with Gasteiger partial charge in [0.2, 0.25) is 10.4 Å². The van der Waals surface area contributed by atoms with Crippen LogP contribution < -0.4 is 10.2 Å². The van der Waals surface area contributed by atoms with E-state index in [2.05, 4.69) is 51.6 Å². The second-order valence-corrected chi connectivity index (χ2v) is 10.3. The van der Waals surface area contributed by atoms with Gasteiger partial charge in [-0.25, -0.2) is 0 Å². The Morgan fingerprint density at radius 3 is 2.55 bits per heavy atom. The number of nitrogens with zero attached hydrogens (tertiary/aromatic N) is 3. The molecule has 1 saturated carbocycles. The van der Waals surface area contributed by atoms with Gasteiger partial charge in [0.15, 0.2) is 0 Å². The number of methoxy groups -OCH3 is 2. The van der Waals surface area contributed by atoms with Crippen molar-refractivity contribution >= 4 is 45.6 Å². The summed E-state index contributed by atoms with van der Waals surface area (Å²) >= 11 is 7.21. The minimum absolute atomic E-state index is 0.0285. The van der Waals surface area contributed by atoms with Gasteiger partial charge >= 0.3 is 5.97 Å². The van der Waals surface area contributed by atoms with Crippen molar-refractivity contribution < 1.29 is 14.3 Å². The molecule has 0 aliphatic heterocycles. The molecule has 0 bridgehead atoms. The number of carbonyl (C=O) groups is 1. The lowest BCUT2D eigenvalue weighted by Crippen LogP contribution is -2.41. The Morgan fingerprint density at radius 2 is 1.97 bits per heavy atom. The molecule has 3 rings (SSSR count). The highest BCUT2D eigenvalue weighted by Gasteiger charge is 2.28. The predicted octanol–water partition coefficient (Wildman–Crippen LogP) is 6.02. The van der Waals surface area contributed by atoms with E-state index in [1.807, 2.05) is 6.92 Å². The first-order chi connectivity index (χ1) is 15.8. The van der Waals surface area contributed by atoms with E-state index in [1.54, 1.807) is 7.11 Å². The predicted molar refractivity (Wildman–Crippen MR) is 135 cm³/mol. The molecule has 1 heterocycles. The van der Waals surface area contributed by atoms with Crippen LogP contribution in [0.4, 0.5) is 16.5 Å². The van der Waals surface area contributed by atoms with Crippen molar-refractivity contribution in [3.63, 3.8) is 0 Å². The van der Waals surface area contributed by atoms with Gasteiger partial charge in [0.05, 0.1) is 31.0 Å². The standard InChI is InChI=1S/C24H35ClN4O3S/c1-15(2)14-29(18-7-9-19(31-4)10-8-18)21-11-6-17(16(3)12-22(30)32-5)13-20(21)26-24-27-23(25)28-33-24/h6,11,13,15-16,18-19H,7-10,12,14H2,1-5H3,(H,26,27,28)/t16-,18-,19+/m1/s1. The van der Waals surface area contributed by atoms with Gasteiger partial charge in [0, 0.05) is 31.2 Å². The van der Waals surface area contributed by atoms with E-state index in [4.69, 9.17) is 21.1 Å². The lowest BCUT2D eigenvalue weighted by molar-refractivity contribution is -0.140. The summed E-state index contributed by atoms with van der Waals surface area (Å²) in [5.74, 6) is 0.320. The molecule has 2 aromatic rings. The smallest absolute Gasteiger partial charge is 0.306 e. The van der Waals surface area contributed by atoms with Gasteiger partial charge < -0.3 is 19.7 Å². The minimum atomic E-state index is -0.215. The number of nitrogens with one attached hydrogen (secondary N) is 1. The number of halogens is 1. The molecule has 33 heavy (non-hydrogen) atoms. The summed E-state index contributed by atoms with van der Waals surface area (Å²) in [4.78, 5) is 18.7. The summed E-state index contributed by atoms with van der Waals surface area (Å²) in [5.41, 5.74) is 3.14.